The molecule has 8 nitrogen and oxygen atoms in total. The molecule has 10 heteroatoms. The summed E-state index contributed by atoms with van der Waals surface area (Å²) in [4.78, 5) is 50.4. The van der Waals surface area contributed by atoms with Crippen molar-refractivity contribution in [2.24, 2.45) is 0 Å². The molecule has 2 aliphatic heterocycles. The van der Waals surface area contributed by atoms with Gasteiger partial charge in [0, 0.05) is 35.8 Å². The third kappa shape index (κ3) is 4.53. The van der Waals surface area contributed by atoms with Crippen molar-refractivity contribution in [2.45, 2.75) is 25.7 Å². The molecule has 0 N–H and O–H groups in total. The molecular weight excluding hydrogens is 406 g/mol. The van der Waals surface area contributed by atoms with Crippen LogP contribution in [0.2, 0.25) is 5.02 Å². The van der Waals surface area contributed by atoms with E-state index >= 15 is 0 Å². The number of rotatable bonds is 4. The summed E-state index contributed by atoms with van der Waals surface area (Å²) in [6.07, 6.45) is 5.31. The highest BCUT2D eigenvalue weighted by atomic mass is 35.5. The minimum Gasteiger partial charge on any atom is -0.341 e. The molecule has 0 bridgehead atoms. The van der Waals surface area contributed by atoms with E-state index in [4.69, 9.17) is 11.6 Å². The summed E-state index contributed by atoms with van der Waals surface area (Å²) in [6.45, 7) is 0.965. The van der Waals surface area contributed by atoms with Crippen LogP contribution in [0.1, 0.15) is 31.2 Å². The van der Waals surface area contributed by atoms with E-state index in [0.717, 1.165) is 30.6 Å². The number of thioether (sulfide) groups is 1. The van der Waals surface area contributed by atoms with Crippen LogP contribution in [-0.2, 0) is 9.59 Å². The minimum absolute atomic E-state index is 0.0797. The number of nitro groups is 1. The molecule has 0 atom stereocenters. The molecule has 0 spiro atoms. The number of nitrogens with zero attached hydrogens (tertiary/aromatic N) is 3. The van der Waals surface area contributed by atoms with E-state index in [-0.39, 0.29) is 33.6 Å². The fraction of sp³-hybridized carbons (Fsp3) is 0.389. The van der Waals surface area contributed by atoms with Crippen molar-refractivity contribution in [2.75, 3.05) is 19.6 Å². The van der Waals surface area contributed by atoms with E-state index in [1.165, 1.54) is 24.3 Å². The van der Waals surface area contributed by atoms with Gasteiger partial charge in [-0.3, -0.25) is 29.4 Å². The quantitative estimate of drug-likeness (QED) is 0.416. The standard InChI is InChI=1S/C18H18ClN3O5S/c19-14-6-5-13(22(26)27)9-12(14)10-15-17(24)21(18(25)28-15)11-16(23)20-7-3-1-2-4-8-20/h5-6,9-10H,1-4,7-8,11H2. The molecule has 0 unspecified atom stereocenters. The maximum atomic E-state index is 12.6. The second kappa shape index (κ2) is 8.74. The first-order chi connectivity index (χ1) is 13.4. The summed E-state index contributed by atoms with van der Waals surface area (Å²) < 4.78 is 0. The molecule has 3 rings (SSSR count). The third-order valence-electron chi connectivity index (χ3n) is 4.60. The van der Waals surface area contributed by atoms with Crippen LogP contribution in [0.15, 0.2) is 23.1 Å². The zero-order chi connectivity index (χ0) is 20.3. The molecule has 1 aromatic carbocycles. The van der Waals surface area contributed by atoms with Crippen LogP contribution in [0.4, 0.5) is 10.5 Å². The number of carbonyl (C=O) groups excluding carboxylic acids is 3. The lowest BCUT2D eigenvalue weighted by Crippen LogP contribution is -2.42. The Kier molecular flexibility index (Phi) is 6.35. The molecule has 2 saturated heterocycles. The third-order valence-corrected chi connectivity index (χ3v) is 5.85. The van der Waals surface area contributed by atoms with Crippen molar-refractivity contribution in [3.05, 3.63) is 43.8 Å². The van der Waals surface area contributed by atoms with Crippen LogP contribution in [-0.4, -0.2) is 51.4 Å². The van der Waals surface area contributed by atoms with Gasteiger partial charge < -0.3 is 4.90 Å². The molecule has 2 aliphatic rings. The van der Waals surface area contributed by atoms with Gasteiger partial charge in [-0.1, -0.05) is 24.4 Å². The van der Waals surface area contributed by atoms with Crippen LogP contribution in [0.5, 0.6) is 0 Å². The molecule has 2 heterocycles. The van der Waals surface area contributed by atoms with Gasteiger partial charge in [-0.2, -0.15) is 0 Å². The number of amides is 3. The highest BCUT2D eigenvalue weighted by molar-refractivity contribution is 8.18. The molecule has 0 radical (unpaired) electrons. The van der Waals surface area contributed by atoms with Gasteiger partial charge in [-0.05, 0) is 36.7 Å². The Hall–Kier alpha value is -2.39. The summed E-state index contributed by atoms with van der Waals surface area (Å²) in [6, 6.07) is 3.85. The number of hydrogen-bond acceptors (Lipinski definition) is 6. The first-order valence-corrected chi connectivity index (χ1v) is 10.0. The maximum Gasteiger partial charge on any atom is 0.294 e. The second-order valence-electron chi connectivity index (χ2n) is 6.53. The van der Waals surface area contributed by atoms with E-state index in [9.17, 15) is 24.5 Å². The van der Waals surface area contributed by atoms with Crippen LogP contribution < -0.4 is 0 Å². The van der Waals surface area contributed by atoms with Crippen molar-refractivity contribution in [3.63, 3.8) is 0 Å². The maximum absolute atomic E-state index is 12.6. The van der Waals surface area contributed by atoms with Gasteiger partial charge in [-0.25, -0.2) is 0 Å². The van der Waals surface area contributed by atoms with Gasteiger partial charge in [0.15, 0.2) is 0 Å². The lowest BCUT2D eigenvalue weighted by molar-refractivity contribution is -0.384. The van der Waals surface area contributed by atoms with Crippen LogP contribution >= 0.6 is 23.4 Å². The number of benzene rings is 1. The van der Waals surface area contributed by atoms with Crippen LogP contribution in [0.3, 0.4) is 0 Å². The molecule has 1 aromatic rings. The molecule has 0 aromatic heterocycles. The molecule has 28 heavy (non-hydrogen) atoms. The second-order valence-corrected chi connectivity index (χ2v) is 7.93. The highest BCUT2D eigenvalue weighted by Crippen LogP contribution is 2.34. The topological polar surface area (TPSA) is 101 Å². The van der Waals surface area contributed by atoms with Gasteiger partial charge in [0.05, 0.1) is 9.83 Å². The lowest BCUT2D eigenvalue weighted by atomic mass is 10.2. The van der Waals surface area contributed by atoms with E-state index in [1.54, 1.807) is 4.90 Å². The summed E-state index contributed by atoms with van der Waals surface area (Å²) in [5.74, 6) is -0.848. The molecule has 2 fully saturated rings. The Morgan fingerprint density at radius 2 is 1.89 bits per heavy atom. The zero-order valence-corrected chi connectivity index (χ0v) is 16.5. The number of non-ortho nitro benzene ring substituents is 1. The summed E-state index contributed by atoms with van der Waals surface area (Å²) >= 11 is 6.75. The Balaban J connectivity index is 1.76. The van der Waals surface area contributed by atoms with Crippen molar-refractivity contribution in [3.8, 4) is 0 Å². The van der Waals surface area contributed by atoms with Gasteiger partial charge in [0.2, 0.25) is 5.91 Å². The first kappa shape index (κ1) is 20.3. The molecule has 148 valence electrons. The number of carbonyl (C=O) groups is 3. The number of imide groups is 1. The number of hydrogen-bond donors (Lipinski definition) is 0. The summed E-state index contributed by atoms with van der Waals surface area (Å²) in [7, 11) is 0. The number of nitro benzene ring substituents is 1. The Morgan fingerprint density at radius 3 is 2.54 bits per heavy atom. The normalized spacial score (nSPS) is 19.2. The van der Waals surface area contributed by atoms with E-state index < -0.39 is 16.1 Å². The van der Waals surface area contributed by atoms with E-state index in [2.05, 4.69) is 0 Å². The highest BCUT2D eigenvalue weighted by Gasteiger charge is 2.37. The van der Waals surface area contributed by atoms with Crippen molar-refractivity contribution >= 4 is 52.2 Å². The van der Waals surface area contributed by atoms with Crippen LogP contribution in [0.25, 0.3) is 6.08 Å². The predicted molar refractivity (Wildman–Crippen MR) is 106 cm³/mol. The van der Waals surface area contributed by atoms with E-state index in [1.807, 2.05) is 0 Å². The molecule has 0 saturated carbocycles. The lowest BCUT2D eigenvalue weighted by Gasteiger charge is -2.22. The van der Waals surface area contributed by atoms with Crippen molar-refractivity contribution < 1.29 is 19.3 Å². The fourth-order valence-corrected chi connectivity index (χ4v) is 4.09. The van der Waals surface area contributed by atoms with Gasteiger partial charge in [0.1, 0.15) is 6.54 Å². The predicted octanol–water partition coefficient (Wildman–Crippen LogP) is 3.69. The van der Waals surface area contributed by atoms with Crippen molar-refractivity contribution in [1.82, 2.24) is 9.80 Å². The minimum atomic E-state index is -0.597. The number of likely N-dealkylation sites (tertiary alicyclic amines) is 1. The Morgan fingerprint density at radius 1 is 1.21 bits per heavy atom. The van der Waals surface area contributed by atoms with Crippen LogP contribution in [0, 0.1) is 10.1 Å². The summed E-state index contributed by atoms with van der Waals surface area (Å²) in [5.41, 5.74) is 0.0893. The average Bonchev–Trinajstić information content (AvgIpc) is 2.87. The van der Waals surface area contributed by atoms with Crippen molar-refractivity contribution in [1.29, 1.82) is 0 Å². The fourth-order valence-electron chi connectivity index (χ4n) is 3.09. The van der Waals surface area contributed by atoms with E-state index in [0.29, 0.717) is 24.9 Å². The monoisotopic (exact) mass is 423 g/mol. The molecule has 3 amide bonds. The Bertz CT molecular complexity index is 865. The first-order valence-electron chi connectivity index (χ1n) is 8.84. The smallest absolute Gasteiger partial charge is 0.294 e. The zero-order valence-electron chi connectivity index (χ0n) is 14.9. The SMILES string of the molecule is O=C(CN1C(=O)SC(=Cc2cc([N+](=O)[O-])ccc2Cl)C1=O)N1CCCCCC1. The average molecular weight is 424 g/mol. The van der Waals surface area contributed by atoms with Gasteiger partial charge in [-0.15, -0.1) is 0 Å². The molecular formula is C18H18ClN3O5S. The summed E-state index contributed by atoms with van der Waals surface area (Å²) in [5, 5.41) is 10.6. The largest absolute Gasteiger partial charge is 0.341 e. The number of halogens is 1. The van der Waals surface area contributed by atoms with Gasteiger partial charge >= 0.3 is 0 Å². The Labute approximate surface area is 170 Å². The molecule has 0 aliphatic carbocycles. The van der Waals surface area contributed by atoms with Gasteiger partial charge in [0.25, 0.3) is 16.8 Å².